The Morgan fingerprint density at radius 3 is 2.94 bits per heavy atom. The van der Waals surface area contributed by atoms with Gasteiger partial charge in [-0.25, -0.2) is 4.98 Å². The number of aromatic nitrogens is 3. The van der Waals surface area contributed by atoms with E-state index in [4.69, 9.17) is 14.5 Å². The summed E-state index contributed by atoms with van der Waals surface area (Å²) in [6, 6.07) is 10.4. The van der Waals surface area contributed by atoms with E-state index >= 15 is 0 Å². The van der Waals surface area contributed by atoms with Gasteiger partial charge in [0.1, 0.15) is 5.01 Å². The second-order valence-electron chi connectivity index (χ2n) is 7.71. The predicted molar refractivity (Wildman–Crippen MR) is 124 cm³/mol. The fourth-order valence-corrected chi connectivity index (χ4v) is 4.87. The highest BCUT2D eigenvalue weighted by Gasteiger charge is 2.27. The smallest absolute Gasteiger partial charge is 0.161 e. The van der Waals surface area contributed by atoms with Gasteiger partial charge in [-0.1, -0.05) is 0 Å². The van der Waals surface area contributed by atoms with Gasteiger partial charge in [0.05, 0.1) is 19.4 Å². The number of rotatable bonds is 9. The second kappa shape index (κ2) is 10.1. The standard InChI is InChI=1S/C23H29N5O2S/c1-4-30-20-10-9-17(13-21(20)29-3)23-25-18(16-31-23)14-27(2)15-19-7-6-12-28(19)22-8-5-11-24-26-22/h5,8-11,13,16,19H,4,6-7,12,14-15H2,1-3H3. The maximum absolute atomic E-state index is 5.62. The van der Waals surface area contributed by atoms with E-state index in [-0.39, 0.29) is 0 Å². The summed E-state index contributed by atoms with van der Waals surface area (Å²) in [6.07, 6.45) is 4.09. The molecule has 3 heterocycles. The van der Waals surface area contributed by atoms with Crippen LogP contribution in [0.15, 0.2) is 41.9 Å². The number of thiazole rings is 1. The number of benzene rings is 1. The molecular formula is C23H29N5O2S. The number of hydrogen-bond donors (Lipinski definition) is 0. The van der Waals surface area contributed by atoms with Gasteiger partial charge in [-0.2, -0.15) is 5.10 Å². The van der Waals surface area contributed by atoms with Crippen LogP contribution in [0.25, 0.3) is 10.6 Å². The zero-order chi connectivity index (χ0) is 21.6. The van der Waals surface area contributed by atoms with Crippen LogP contribution >= 0.6 is 11.3 Å². The molecule has 0 amide bonds. The molecule has 0 aliphatic carbocycles. The molecule has 1 aliphatic heterocycles. The lowest BCUT2D eigenvalue weighted by Gasteiger charge is -2.28. The quantitative estimate of drug-likeness (QED) is 0.497. The third-order valence-corrected chi connectivity index (χ3v) is 6.39. The van der Waals surface area contributed by atoms with Gasteiger partial charge in [0.2, 0.25) is 0 Å². The van der Waals surface area contributed by atoms with E-state index in [0.29, 0.717) is 12.6 Å². The molecule has 3 aromatic rings. The van der Waals surface area contributed by atoms with Crippen LogP contribution in [0.5, 0.6) is 11.5 Å². The third kappa shape index (κ3) is 5.14. The summed E-state index contributed by atoms with van der Waals surface area (Å²) in [5.74, 6) is 2.46. The van der Waals surface area contributed by atoms with Gasteiger partial charge in [-0.15, -0.1) is 16.4 Å². The first-order valence-corrected chi connectivity index (χ1v) is 11.5. The molecule has 1 saturated heterocycles. The molecular weight excluding hydrogens is 410 g/mol. The minimum Gasteiger partial charge on any atom is -0.493 e. The largest absolute Gasteiger partial charge is 0.493 e. The Labute approximate surface area is 187 Å². The summed E-state index contributed by atoms with van der Waals surface area (Å²) >= 11 is 1.66. The summed E-state index contributed by atoms with van der Waals surface area (Å²) in [6.45, 7) is 5.40. The maximum Gasteiger partial charge on any atom is 0.161 e. The first-order valence-electron chi connectivity index (χ1n) is 10.7. The lowest BCUT2D eigenvalue weighted by molar-refractivity contribution is 0.300. The van der Waals surface area contributed by atoms with E-state index in [9.17, 15) is 0 Å². The van der Waals surface area contributed by atoms with Gasteiger partial charge in [0.25, 0.3) is 0 Å². The van der Waals surface area contributed by atoms with E-state index in [1.165, 1.54) is 12.8 Å². The topological polar surface area (TPSA) is 63.6 Å². The summed E-state index contributed by atoms with van der Waals surface area (Å²) in [5.41, 5.74) is 2.13. The fraction of sp³-hybridized carbons (Fsp3) is 0.435. The van der Waals surface area contributed by atoms with Crippen molar-refractivity contribution in [2.75, 3.05) is 38.8 Å². The Morgan fingerprint density at radius 1 is 1.26 bits per heavy atom. The van der Waals surface area contributed by atoms with Crippen LogP contribution in [0.3, 0.4) is 0 Å². The van der Waals surface area contributed by atoms with Crippen molar-refractivity contribution < 1.29 is 9.47 Å². The molecule has 0 radical (unpaired) electrons. The van der Waals surface area contributed by atoms with Gasteiger partial charge in [0.15, 0.2) is 17.3 Å². The Kier molecular flexibility index (Phi) is 6.99. The summed E-state index contributed by atoms with van der Waals surface area (Å²) in [7, 11) is 3.82. The number of nitrogens with zero attached hydrogens (tertiary/aromatic N) is 5. The van der Waals surface area contributed by atoms with Gasteiger partial charge < -0.3 is 14.4 Å². The zero-order valence-corrected chi connectivity index (χ0v) is 19.1. The molecule has 2 aromatic heterocycles. The third-order valence-electron chi connectivity index (χ3n) is 5.45. The molecule has 0 bridgehead atoms. The van der Waals surface area contributed by atoms with Gasteiger partial charge in [-0.05, 0) is 57.1 Å². The number of hydrogen-bond acceptors (Lipinski definition) is 8. The molecule has 1 fully saturated rings. The van der Waals surface area contributed by atoms with Crippen LogP contribution in [0.2, 0.25) is 0 Å². The molecule has 1 aromatic carbocycles. The first-order chi connectivity index (χ1) is 15.2. The molecule has 8 heteroatoms. The number of likely N-dealkylation sites (N-methyl/N-ethyl adjacent to an activating group) is 1. The highest BCUT2D eigenvalue weighted by molar-refractivity contribution is 7.13. The summed E-state index contributed by atoms with van der Waals surface area (Å²) in [5, 5.41) is 11.5. The molecule has 164 valence electrons. The molecule has 31 heavy (non-hydrogen) atoms. The molecule has 0 saturated carbocycles. The lowest BCUT2D eigenvalue weighted by atomic mass is 10.2. The van der Waals surface area contributed by atoms with Crippen molar-refractivity contribution in [3.63, 3.8) is 0 Å². The summed E-state index contributed by atoms with van der Waals surface area (Å²) < 4.78 is 11.1. The van der Waals surface area contributed by atoms with E-state index in [1.54, 1.807) is 24.6 Å². The van der Waals surface area contributed by atoms with Crippen LogP contribution in [-0.2, 0) is 6.54 Å². The van der Waals surface area contributed by atoms with Crippen LogP contribution in [0, 0.1) is 0 Å². The second-order valence-corrected chi connectivity index (χ2v) is 8.57. The normalized spacial score (nSPS) is 16.1. The highest BCUT2D eigenvalue weighted by atomic mass is 32.1. The molecule has 0 spiro atoms. The summed E-state index contributed by atoms with van der Waals surface area (Å²) in [4.78, 5) is 9.59. The number of methoxy groups -OCH3 is 1. The van der Waals surface area contributed by atoms with Crippen molar-refractivity contribution in [1.82, 2.24) is 20.1 Å². The van der Waals surface area contributed by atoms with Crippen LogP contribution in [0.1, 0.15) is 25.5 Å². The molecule has 4 rings (SSSR count). The van der Waals surface area contributed by atoms with Gasteiger partial charge in [0, 0.05) is 42.8 Å². The minimum atomic E-state index is 0.454. The highest BCUT2D eigenvalue weighted by Crippen LogP contribution is 2.34. The average molecular weight is 440 g/mol. The molecule has 0 N–H and O–H groups in total. The Balaban J connectivity index is 1.40. The predicted octanol–water partition coefficient (Wildman–Crippen LogP) is 4.11. The van der Waals surface area contributed by atoms with E-state index in [1.807, 2.05) is 37.3 Å². The molecule has 1 aliphatic rings. The van der Waals surface area contributed by atoms with Crippen molar-refractivity contribution >= 4 is 17.2 Å². The lowest BCUT2D eigenvalue weighted by Crippen LogP contribution is -2.39. The average Bonchev–Trinajstić information content (AvgIpc) is 3.44. The monoisotopic (exact) mass is 439 g/mol. The van der Waals surface area contributed by atoms with Crippen molar-refractivity contribution in [2.24, 2.45) is 0 Å². The van der Waals surface area contributed by atoms with Crippen molar-refractivity contribution in [3.8, 4) is 22.1 Å². The number of ether oxygens (including phenoxy) is 2. The Morgan fingerprint density at radius 2 is 2.16 bits per heavy atom. The van der Waals surface area contributed by atoms with Crippen molar-refractivity contribution in [2.45, 2.75) is 32.4 Å². The maximum atomic E-state index is 5.62. The Bertz CT molecular complexity index is 981. The van der Waals surface area contributed by atoms with Crippen molar-refractivity contribution in [3.05, 3.63) is 47.6 Å². The van der Waals surface area contributed by atoms with E-state index in [0.717, 1.165) is 53.2 Å². The molecule has 1 atom stereocenters. The van der Waals surface area contributed by atoms with E-state index < -0.39 is 0 Å². The van der Waals surface area contributed by atoms with Crippen LogP contribution < -0.4 is 14.4 Å². The van der Waals surface area contributed by atoms with E-state index in [2.05, 4.69) is 32.4 Å². The SMILES string of the molecule is CCOc1ccc(-c2nc(CN(C)CC3CCCN3c3cccnn3)cs2)cc1OC. The van der Waals surface area contributed by atoms with Crippen LogP contribution in [0.4, 0.5) is 5.82 Å². The van der Waals surface area contributed by atoms with Crippen LogP contribution in [-0.4, -0.2) is 60.0 Å². The first kappa shape index (κ1) is 21.5. The number of anilines is 1. The molecule has 1 unspecified atom stereocenters. The van der Waals surface area contributed by atoms with Gasteiger partial charge in [-0.3, -0.25) is 4.90 Å². The zero-order valence-electron chi connectivity index (χ0n) is 18.3. The minimum absolute atomic E-state index is 0.454. The van der Waals surface area contributed by atoms with Gasteiger partial charge >= 0.3 is 0 Å². The fourth-order valence-electron chi connectivity index (χ4n) is 4.06. The van der Waals surface area contributed by atoms with Crippen molar-refractivity contribution in [1.29, 1.82) is 0 Å². The Hall–Kier alpha value is -2.71. The molecule has 7 nitrogen and oxygen atoms in total.